The quantitative estimate of drug-likeness (QED) is 0.0200. The molecule has 0 N–H and O–H groups in total. The molecule has 318 valence electrons. The summed E-state index contributed by atoms with van der Waals surface area (Å²) in [7, 11) is 1.14. The molecule has 1 unspecified atom stereocenters. The lowest BCUT2D eigenvalue weighted by Gasteiger charge is -2.28. The van der Waals surface area contributed by atoms with Gasteiger partial charge in [0.15, 0.2) is 6.10 Å². The Labute approximate surface area is 336 Å². The van der Waals surface area contributed by atoms with Crippen LogP contribution in [0.15, 0.2) is 60.8 Å². The van der Waals surface area contributed by atoms with E-state index in [1.54, 1.807) is 0 Å². The highest BCUT2D eigenvalue weighted by Crippen LogP contribution is 2.38. The molecule has 9 nitrogen and oxygen atoms in total. The Kier molecular flexibility index (Phi) is 35.7. The number of unbranched alkanes of at least 4 members (excludes halogenated alkanes) is 14. The molecule has 0 aromatic carbocycles. The summed E-state index contributed by atoms with van der Waals surface area (Å²) in [6, 6.07) is 0. The van der Waals surface area contributed by atoms with Crippen molar-refractivity contribution in [1.29, 1.82) is 0 Å². The highest BCUT2D eigenvalue weighted by Gasteiger charge is 2.21. The van der Waals surface area contributed by atoms with E-state index in [-0.39, 0.29) is 26.1 Å². The number of ether oxygens (including phenoxy) is 2. The number of nitrogens with zero attached hydrogens (tertiary/aromatic N) is 1. The number of rotatable bonds is 38. The van der Waals surface area contributed by atoms with Gasteiger partial charge in [0, 0.05) is 12.8 Å². The molecule has 0 rings (SSSR count). The van der Waals surface area contributed by atoms with E-state index in [0.29, 0.717) is 23.9 Å². The van der Waals surface area contributed by atoms with Gasteiger partial charge in [0.05, 0.1) is 27.7 Å². The van der Waals surface area contributed by atoms with Crippen molar-refractivity contribution in [3.05, 3.63) is 60.8 Å². The van der Waals surface area contributed by atoms with Crippen LogP contribution in [-0.4, -0.2) is 70.0 Å². The molecule has 0 aliphatic carbocycles. The lowest BCUT2D eigenvalue weighted by Crippen LogP contribution is -2.37. The number of phosphoric acid groups is 1. The molecule has 0 heterocycles. The molecular weight excluding hydrogens is 713 g/mol. The van der Waals surface area contributed by atoms with Gasteiger partial charge in [-0.05, 0) is 57.8 Å². The maximum Gasteiger partial charge on any atom is 0.306 e. The zero-order chi connectivity index (χ0) is 40.7. The minimum Gasteiger partial charge on any atom is -0.756 e. The van der Waals surface area contributed by atoms with E-state index < -0.39 is 32.5 Å². The first kappa shape index (κ1) is 52.7. The minimum absolute atomic E-state index is 0.0379. The Morgan fingerprint density at radius 1 is 0.582 bits per heavy atom. The Morgan fingerprint density at radius 3 is 1.55 bits per heavy atom. The van der Waals surface area contributed by atoms with E-state index >= 15 is 0 Å². The van der Waals surface area contributed by atoms with Gasteiger partial charge in [-0.1, -0.05) is 152 Å². The predicted octanol–water partition coefficient (Wildman–Crippen LogP) is 11.4. The first-order valence-corrected chi connectivity index (χ1v) is 23.0. The molecule has 10 heteroatoms. The summed E-state index contributed by atoms with van der Waals surface area (Å²) >= 11 is 0. The third-order valence-corrected chi connectivity index (χ3v) is 9.77. The lowest BCUT2D eigenvalue weighted by molar-refractivity contribution is -0.870. The molecule has 0 spiro atoms. The molecule has 0 aliphatic rings. The fraction of sp³-hybridized carbons (Fsp3) is 0.733. The largest absolute Gasteiger partial charge is 0.756 e. The van der Waals surface area contributed by atoms with E-state index in [1.165, 1.54) is 51.4 Å². The van der Waals surface area contributed by atoms with Crippen LogP contribution >= 0.6 is 7.82 Å². The molecule has 0 saturated carbocycles. The maximum atomic E-state index is 12.6. The van der Waals surface area contributed by atoms with Gasteiger partial charge in [-0.3, -0.25) is 14.2 Å². The van der Waals surface area contributed by atoms with Crippen LogP contribution in [0.2, 0.25) is 0 Å². The van der Waals surface area contributed by atoms with Gasteiger partial charge < -0.3 is 27.9 Å². The highest BCUT2D eigenvalue weighted by molar-refractivity contribution is 7.45. The molecule has 0 bridgehead atoms. The van der Waals surface area contributed by atoms with Crippen LogP contribution in [0.1, 0.15) is 162 Å². The molecule has 0 aromatic rings. The summed E-state index contributed by atoms with van der Waals surface area (Å²) in [5.74, 6) is -0.875. The summed E-state index contributed by atoms with van der Waals surface area (Å²) in [6.45, 7) is 4.06. The lowest BCUT2D eigenvalue weighted by atomic mass is 10.0. The summed E-state index contributed by atoms with van der Waals surface area (Å²) in [6.07, 6.45) is 43.9. The Hall–Kier alpha value is -2.29. The third-order valence-electron chi connectivity index (χ3n) is 8.80. The Balaban J connectivity index is 4.42. The van der Waals surface area contributed by atoms with Crippen LogP contribution in [0.4, 0.5) is 0 Å². The zero-order valence-corrected chi connectivity index (χ0v) is 36.5. The molecule has 0 saturated heterocycles. The normalized spacial score (nSPS) is 14.2. The van der Waals surface area contributed by atoms with Gasteiger partial charge in [0.1, 0.15) is 19.8 Å². The van der Waals surface area contributed by atoms with Gasteiger partial charge in [-0.15, -0.1) is 0 Å². The average Bonchev–Trinajstić information content (AvgIpc) is 3.13. The van der Waals surface area contributed by atoms with E-state index in [0.717, 1.165) is 70.6 Å². The van der Waals surface area contributed by atoms with Gasteiger partial charge >= 0.3 is 11.9 Å². The van der Waals surface area contributed by atoms with Crippen LogP contribution in [0.5, 0.6) is 0 Å². The summed E-state index contributed by atoms with van der Waals surface area (Å²) in [5, 5.41) is 0. The molecule has 55 heavy (non-hydrogen) atoms. The van der Waals surface area contributed by atoms with Crippen molar-refractivity contribution in [1.82, 2.24) is 0 Å². The minimum atomic E-state index is -4.63. The number of hydrogen-bond acceptors (Lipinski definition) is 8. The van der Waals surface area contributed by atoms with Crippen molar-refractivity contribution < 1.29 is 42.1 Å². The van der Waals surface area contributed by atoms with E-state index in [4.69, 9.17) is 18.5 Å². The highest BCUT2D eigenvalue weighted by atomic mass is 31.2. The van der Waals surface area contributed by atoms with E-state index in [9.17, 15) is 19.0 Å². The first-order valence-electron chi connectivity index (χ1n) is 21.5. The van der Waals surface area contributed by atoms with Crippen molar-refractivity contribution in [2.45, 2.75) is 168 Å². The average molecular weight is 794 g/mol. The molecular formula is C45H80NO8P. The Morgan fingerprint density at radius 2 is 1.04 bits per heavy atom. The SMILES string of the molecule is CC/C=C\C/C=C\C/C=C\C/C=C\C/C=C\CCCCCC(=O)OC[C@H](COP(=O)([O-])OCC[N+](C)(C)C)OC(=O)CCCCCCCCCCCCCC. The molecule has 0 fully saturated rings. The van der Waals surface area contributed by atoms with Gasteiger partial charge in [-0.25, -0.2) is 0 Å². The van der Waals surface area contributed by atoms with Crippen LogP contribution in [0, 0.1) is 0 Å². The fourth-order valence-electron chi connectivity index (χ4n) is 5.44. The number of phosphoric ester groups is 1. The molecule has 2 atom stereocenters. The van der Waals surface area contributed by atoms with Crippen molar-refractivity contribution >= 4 is 19.8 Å². The first-order chi connectivity index (χ1) is 26.5. The number of allylic oxidation sites excluding steroid dienone is 10. The third kappa shape index (κ3) is 41.2. The number of quaternary nitrogens is 1. The second-order valence-electron chi connectivity index (χ2n) is 15.3. The standard InChI is InChI=1S/C45H80NO8P/c1-6-8-10-12-14-16-18-20-21-22-23-24-25-26-28-29-31-33-35-37-44(47)51-41-43(42-53-55(49,50)52-40-39-46(3,4)5)54-45(48)38-36-34-32-30-27-19-17-15-13-11-9-7-2/h8,10,14,16,20-21,23-24,26,28,43H,6-7,9,11-13,15,17-19,22,25,27,29-42H2,1-5H3/b10-8-,16-14-,21-20-,24-23-,28-26-/t43-/m1/s1. The number of hydrogen-bond donors (Lipinski definition) is 0. The maximum absolute atomic E-state index is 12.6. The summed E-state index contributed by atoms with van der Waals surface area (Å²) in [5.41, 5.74) is 0. The van der Waals surface area contributed by atoms with Crippen LogP contribution in [0.3, 0.4) is 0 Å². The summed E-state index contributed by atoms with van der Waals surface area (Å²) < 4.78 is 33.8. The summed E-state index contributed by atoms with van der Waals surface area (Å²) in [4.78, 5) is 37.5. The fourth-order valence-corrected chi connectivity index (χ4v) is 6.17. The number of esters is 2. The number of carbonyl (C=O) groups is 2. The van der Waals surface area contributed by atoms with E-state index in [1.807, 2.05) is 21.1 Å². The van der Waals surface area contributed by atoms with Crippen LogP contribution in [0.25, 0.3) is 0 Å². The van der Waals surface area contributed by atoms with Crippen molar-refractivity contribution in [2.75, 3.05) is 47.5 Å². The predicted molar refractivity (Wildman–Crippen MR) is 226 cm³/mol. The molecule has 0 aromatic heterocycles. The van der Waals surface area contributed by atoms with Gasteiger partial charge in [0.25, 0.3) is 7.82 Å². The number of carbonyl (C=O) groups excluding carboxylic acids is 2. The van der Waals surface area contributed by atoms with Crippen LogP contribution < -0.4 is 4.89 Å². The molecule has 0 radical (unpaired) electrons. The Bertz CT molecular complexity index is 1120. The molecule has 0 aliphatic heterocycles. The van der Waals surface area contributed by atoms with Gasteiger partial charge in [0.2, 0.25) is 0 Å². The van der Waals surface area contributed by atoms with Crippen molar-refractivity contribution in [2.24, 2.45) is 0 Å². The monoisotopic (exact) mass is 794 g/mol. The second kappa shape index (κ2) is 37.3. The topological polar surface area (TPSA) is 111 Å². The van der Waals surface area contributed by atoms with Crippen molar-refractivity contribution in [3.8, 4) is 0 Å². The van der Waals surface area contributed by atoms with Gasteiger partial charge in [-0.2, -0.15) is 0 Å². The van der Waals surface area contributed by atoms with Crippen LogP contribution in [-0.2, 0) is 32.7 Å². The van der Waals surface area contributed by atoms with Crippen molar-refractivity contribution in [3.63, 3.8) is 0 Å². The second-order valence-corrected chi connectivity index (χ2v) is 16.7. The zero-order valence-electron chi connectivity index (χ0n) is 35.6. The molecule has 0 amide bonds. The smallest absolute Gasteiger partial charge is 0.306 e. The number of likely N-dealkylation sites (N-methyl/N-ethyl adjacent to an activating group) is 1. The van der Waals surface area contributed by atoms with E-state index in [2.05, 4.69) is 74.6 Å².